The van der Waals surface area contributed by atoms with E-state index in [-0.39, 0.29) is 34.5 Å². The van der Waals surface area contributed by atoms with Gasteiger partial charge in [0.2, 0.25) is 11.8 Å². The minimum Gasteiger partial charge on any atom is -0.495 e. The SMILES string of the molecule is CCCNC(=O)C(Cc1ccccc1)N(Cc1ccccc1C)C(=O)CN(c1ccc(OC)c(Cl)c1)S(=O)(=O)c1ccc(C)cc1. The second kappa shape index (κ2) is 15.8. The molecule has 0 aliphatic heterocycles. The molecule has 0 aliphatic rings. The number of sulfonamides is 1. The Morgan fingerprint density at radius 2 is 1.59 bits per heavy atom. The summed E-state index contributed by atoms with van der Waals surface area (Å²) in [4.78, 5) is 29.9. The van der Waals surface area contributed by atoms with Gasteiger partial charge in [0.05, 0.1) is 22.7 Å². The molecule has 0 saturated carbocycles. The first-order chi connectivity index (χ1) is 22.0. The molecule has 0 radical (unpaired) electrons. The summed E-state index contributed by atoms with van der Waals surface area (Å²) in [5.74, 6) is -0.493. The lowest BCUT2D eigenvalue weighted by atomic mass is 10.0. The Hall–Kier alpha value is -4.34. The van der Waals surface area contributed by atoms with Gasteiger partial charge in [-0.3, -0.25) is 13.9 Å². The summed E-state index contributed by atoms with van der Waals surface area (Å²) in [5.41, 5.74) is 3.73. The number of ether oxygens (including phenoxy) is 1. The van der Waals surface area contributed by atoms with Gasteiger partial charge in [0.15, 0.2) is 0 Å². The van der Waals surface area contributed by atoms with Gasteiger partial charge in [-0.25, -0.2) is 8.42 Å². The lowest BCUT2D eigenvalue weighted by molar-refractivity contribution is -0.140. The maximum Gasteiger partial charge on any atom is 0.264 e. The van der Waals surface area contributed by atoms with Gasteiger partial charge < -0.3 is 15.0 Å². The Morgan fingerprint density at radius 3 is 2.22 bits per heavy atom. The van der Waals surface area contributed by atoms with Crippen molar-refractivity contribution in [3.8, 4) is 5.75 Å². The summed E-state index contributed by atoms with van der Waals surface area (Å²) >= 11 is 6.45. The third-order valence-corrected chi connectivity index (χ3v) is 9.82. The second-order valence-electron chi connectivity index (χ2n) is 11.1. The molecule has 1 unspecified atom stereocenters. The molecule has 242 valence electrons. The van der Waals surface area contributed by atoms with Crippen LogP contribution in [-0.4, -0.2) is 51.4 Å². The number of anilines is 1. The molecule has 10 heteroatoms. The average molecular weight is 662 g/mol. The molecule has 0 aliphatic carbocycles. The van der Waals surface area contributed by atoms with Crippen molar-refractivity contribution in [1.29, 1.82) is 0 Å². The van der Waals surface area contributed by atoms with E-state index in [1.54, 1.807) is 24.3 Å². The van der Waals surface area contributed by atoms with Crippen LogP contribution in [-0.2, 0) is 32.6 Å². The third kappa shape index (κ3) is 8.47. The molecule has 2 amide bonds. The zero-order valence-electron chi connectivity index (χ0n) is 26.6. The van der Waals surface area contributed by atoms with Crippen LogP contribution in [0.3, 0.4) is 0 Å². The number of nitrogens with zero attached hydrogens (tertiary/aromatic N) is 2. The molecule has 4 aromatic rings. The van der Waals surface area contributed by atoms with E-state index in [4.69, 9.17) is 16.3 Å². The Bertz CT molecular complexity index is 1750. The van der Waals surface area contributed by atoms with Gasteiger partial charge >= 0.3 is 0 Å². The number of aryl methyl sites for hydroxylation is 2. The number of carbonyl (C=O) groups excluding carboxylic acids is 2. The van der Waals surface area contributed by atoms with Crippen LogP contribution < -0.4 is 14.4 Å². The van der Waals surface area contributed by atoms with E-state index < -0.39 is 28.5 Å². The van der Waals surface area contributed by atoms with E-state index >= 15 is 0 Å². The van der Waals surface area contributed by atoms with Crippen LogP contribution in [0, 0.1) is 13.8 Å². The van der Waals surface area contributed by atoms with Crippen molar-refractivity contribution in [2.75, 3.05) is 24.5 Å². The predicted octanol–water partition coefficient (Wildman–Crippen LogP) is 6.33. The van der Waals surface area contributed by atoms with Gasteiger partial charge in [-0.1, -0.05) is 90.8 Å². The van der Waals surface area contributed by atoms with Gasteiger partial charge in [-0.15, -0.1) is 0 Å². The second-order valence-corrected chi connectivity index (χ2v) is 13.4. The Labute approximate surface area is 277 Å². The van der Waals surface area contributed by atoms with E-state index in [9.17, 15) is 18.0 Å². The van der Waals surface area contributed by atoms with Crippen LogP contribution in [0.4, 0.5) is 5.69 Å². The van der Waals surface area contributed by atoms with Crippen LogP contribution >= 0.6 is 11.6 Å². The zero-order valence-corrected chi connectivity index (χ0v) is 28.1. The molecule has 8 nitrogen and oxygen atoms in total. The number of hydrogen-bond acceptors (Lipinski definition) is 5. The van der Waals surface area contributed by atoms with E-state index in [2.05, 4.69) is 5.32 Å². The van der Waals surface area contributed by atoms with Gasteiger partial charge in [-0.05, 0) is 67.3 Å². The first-order valence-electron chi connectivity index (χ1n) is 15.1. The van der Waals surface area contributed by atoms with Crippen molar-refractivity contribution in [2.24, 2.45) is 0 Å². The Morgan fingerprint density at radius 1 is 0.913 bits per heavy atom. The fourth-order valence-corrected chi connectivity index (χ4v) is 6.73. The van der Waals surface area contributed by atoms with Crippen LogP contribution in [0.15, 0.2) is 102 Å². The molecule has 0 fully saturated rings. The van der Waals surface area contributed by atoms with E-state index in [0.717, 1.165) is 33.0 Å². The Kier molecular flexibility index (Phi) is 11.8. The molecule has 4 aromatic carbocycles. The van der Waals surface area contributed by atoms with Gasteiger partial charge in [0, 0.05) is 19.5 Å². The van der Waals surface area contributed by atoms with Crippen molar-refractivity contribution < 1.29 is 22.7 Å². The summed E-state index contributed by atoms with van der Waals surface area (Å²) < 4.78 is 34.8. The first-order valence-corrected chi connectivity index (χ1v) is 17.0. The third-order valence-electron chi connectivity index (χ3n) is 7.73. The maximum absolute atomic E-state index is 14.6. The fourth-order valence-electron chi connectivity index (χ4n) is 5.07. The maximum atomic E-state index is 14.6. The standard InChI is InChI=1S/C36H40ClN3O5S/c1-5-21-38-36(42)33(22-28-12-7-6-8-13-28)39(24-29-14-10-9-11-27(29)3)35(41)25-40(30-17-20-34(45-4)32(37)23-30)46(43,44)31-18-15-26(2)16-19-31/h6-20,23,33H,5,21-22,24-25H2,1-4H3,(H,38,42). The molecular formula is C36H40ClN3O5S. The normalized spacial score (nSPS) is 11.8. The lowest BCUT2D eigenvalue weighted by Crippen LogP contribution is -2.53. The number of benzene rings is 4. The highest BCUT2D eigenvalue weighted by atomic mass is 35.5. The number of rotatable bonds is 14. The topological polar surface area (TPSA) is 96.0 Å². The highest BCUT2D eigenvalue weighted by Gasteiger charge is 2.35. The van der Waals surface area contributed by atoms with Crippen LogP contribution in [0.25, 0.3) is 0 Å². The minimum absolute atomic E-state index is 0.0184. The summed E-state index contributed by atoms with van der Waals surface area (Å²) in [7, 11) is -2.79. The van der Waals surface area contributed by atoms with Crippen LogP contribution in [0.1, 0.15) is 35.6 Å². The first kappa shape index (κ1) is 34.5. The highest BCUT2D eigenvalue weighted by Crippen LogP contribution is 2.32. The van der Waals surface area contributed by atoms with Crippen molar-refractivity contribution in [1.82, 2.24) is 10.2 Å². The summed E-state index contributed by atoms with van der Waals surface area (Å²) in [6.07, 6.45) is 0.962. The van der Waals surface area contributed by atoms with Crippen molar-refractivity contribution in [2.45, 2.75) is 51.1 Å². The highest BCUT2D eigenvalue weighted by molar-refractivity contribution is 7.92. The van der Waals surface area contributed by atoms with Crippen LogP contribution in [0.5, 0.6) is 5.75 Å². The summed E-state index contributed by atoms with van der Waals surface area (Å²) in [5, 5.41) is 3.15. The number of hydrogen-bond donors (Lipinski definition) is 1. The number of halogens is 1. The van der Waals surface area contributed by atoms with Gasteiger partial charge in [0.25, 0.3) is 10.0 Å². The molecule has 4 rings (SSSR count). The molecule has 0 heterocycles. The molecule has 46 heavy (non-hydrogen) atoms. The number of methoxy groups -OCH3 is 1. The molecule has 0 bridgehead atoms. The molecule has 0 aromatic heterocycles. The molecular weight excluding hydrogens is 622 g/mol. The average Bonchev–Trinajstić information content (AvgIpc) is 3.05. The fraction of sp³-hybridized carbons (Fsp3) is 0.278. The van der Waals surface area contributed by atoms with Gasteiger partial charge in [-0.2, -0.15) is 0 Å². The number of carbonyl (C=O) groups is 2. The predicted molar refractivity (Wildman–Crippen MR) is 183 cm³/mol. The summed E-state index contributed by atoms with van der Waals surface area (Å²) in [6, 6.07) is 27.2. The van der Waals surface area contributed by atoms with Crippen LogP contribution in [0.2, 0.25) is 5.02 Å². The zero-order chi connectivity index (χ0) is 33.3. The number of nitrogens with one attached hydrogen (secondary N) is 1. The van der Waals surface area contributed by atoms with Crippen molar-refractivity contribution in [3.63, 3.8) is 0 Å². The molecule has 1 N–H and O–H groups in total. The van der Waals surface area contributed by atoms with Gasteiger partial charge in [0.1, 0.15) is 18.3 Å². The van der Waals surface area contributed by atoms with Crippen molar-refractivity contribution in [3.05, 3.63) is 124 Å². The lowest BCUT2D eigenvalue weighted by Gasteiger charge is -2.34. The monoisotopic (exact) mass is 661 g/mol. The van der Waals surface area contributed by atoms with E-state index in [0.29, 0.717) is 12.3 Å². The number of amides is 2. The quantitative estimate of drug-likeness (QED) is 0.171. The smallest absolute Gasteiger partial charge is 0.264 e. The Balaban J connectivity index is 1.83. The molecule has 0 saturated heterocycles. The molecule has 0 spiro atoms. The van der Waals surface area contributed by atoms with Crippen molar-refractivity contribution >= 4 is 39.1 Å². The summed E-state index contributed by atoms with van der Waals surface area (Å²) in [6.45, 7) is 5.72. The van der Waals surface area contributed by atoms with E-state index in [1.807, 2.05) is 75.4 Å². The minimum atomic E-state index is -4.25. The molecule has 1 atom stereocenters. The largest absolute Gasteiger partial charge is 0.495 e. The van der Waals surface area contributed by atoms with E-state index in [1.165, 1.54) is 30.2 Å².